The molecule has 0 bridgehead atoms. The molecule has 0 unspecified atom stereocenters. The number of anilines is 1. The Morgan fingerprint density at radius 3 is 2.57 bits per heavy atom. The highest BCUT2D eigenvalue weighted by molar-refractivity contribution is 5.71. The molecule has 5 heteroatoms. The first-order valence-corrected chi connectivity index (χ1v) is 6.31. The molecule has 2 aromatic rings. The van der Waals surface area contributed by atoms with Crippen molar-refractivity contribution < 1.29 is 14.3 Å². The number of carbonyl (C=O) groups excluding carboxylic acids is 1. The van der Waals surface area contributed by atoms with Crippen molar-refractivity contribution in [1.82, 2.24) is 0 Å². The number of nitrogen functional groups attached to an aromatic ring is 1. The monoisotopic (exact) mass is 282 g/mol. The lowest BCUT2D eigenvalue weighted by Gasteiger charge is -2.08. The number of benzene rings is 2. The molecule has 0 aliphatic carbocycles. The largest absolute Gasteiger partial charge is 0.482 e. The zero-order valence-corrected chi connectivity index (χ0v) is 11.3. The minimum atomic E-state index is -0.500. The Hall–Kier alpha value is -3.00. The van der Waals surface area contributed by atoms with Crippen LogP contribution >= 0.6 is 0 Å². The van der Waals surface area contributed by atoms with E-state index in [1.807, 2.05) is 6.07 Å². The molecule has 2 rings (SSSR count). The van der Waals surface area contributed by atoms with Gasteiger partial charge in [-0.05, 0) is 30.3 Å². The first-order valence-electron chi connectivity index (χ1n) is 6.31. The molecule has 106 valence electrons. The minimum Gasteiger partial charge on any atom is -0.482 e. The molecular formula is C16H14N2O3. The van der Waals surface area contributed by atoms with Crippen LogP contribution in [0.4, 0.5) is 5.69 Å². The van der Waals surface area contributed by atoms with E-state index >= 15 is 0 Å². The highest BCUT2D eigenvalue weighted by Crippen LogP contribution is 2.13. The van der Waals surface area contributed by atoms with Gasteiger partial charge in [0, 0.05) is 11.3 Å². The van der Waals surface area contributed by atoms with Crippen molar-refractivity contribution in [2.45, 2.75) is 6.61 Å². The van der Waals surface area contributed by atoms with E-state index in [0.29, 0.717) is 22.6 Å². The number of nitrogens with zero attached hydrogens (tertiary/aromatic N) is 1. The van der Waals surface area contributed by atoms with Gasteiger partial charge in [0.05, 0.1) is 11.6 Å². The van der Waals surface area contributed by atoms with E-state index in [-0.39, 0.29) is 13.2 Å². The fourth-order valence-electron chi connectivity index (χ4n) is 1.66. The zero-order valence-electron chi connectivity index (χ0n) is 11.3. The molecule has 0 aliphatic heterocycles. The first-order chi connectivity index (χ1) is 10.2. The number of ether oxygens (including phenoxy) is 2. The maximum absolute atomic E-state index is 11.6. The highest BCUT2D eigenvalue weighted by atomic mass is 16.6. The molecule has 0 radical (unpaired) electrons. The Morgan fingerprint density at radius 1 is 1.14 bits per heavy atom. The van der Waals surface area contributed by atoms with Gasteiger partial charge in [0.2, 0.25) is 0 Å². The van der Waals surface area contributed by atoms with E-state index in [1.54, 1.807) is 48.5 Å². The second-order valence-electron chi connectivity index (χ2n) is 4.29. The van der Waals surface area contributed by atoms with Gasteiger partial charge in [0.15, 0.2) is 6.61 Å². The van der Waals surface area contributed by atoms with Gasteiger partial charge in [0.25, 0.3) is 0 Å². The zero-order chi connectivity index (χ0) is 15.1. The van der Waals surface area contributed by atoms with Crippen molar-refractivity contribution in [2.24, 2.45) is 0 Å². The molecule has 21 heavy (non-hydrogen) atoms. The second kappa shape index (κ2) is 6.96. The molecule has 2 N–H and O–H groups in total. The average molecular weight is 282 g/mol. The molecule has 0 heterocycles. The number of esters is 1. The Bertz CT molecular complexity index is 660. The summed E-state index contributed by atoms with van der Waals surface area (Å²) >= 11 is 0. The van der Waals surface area contributed by atoms with Crippen molar-refractivity contribution in [3.05, 3.63) is 59.7 Å². The van der Waals surface area contributed by atoms with Crippen LogP contribution in [0.3, 0.4) is 0 Å². The molecular weight excluding hydrogens is 268 g/mol. The quantitative estimate of drug-likeness (QED) is 0.671. The lowest BCUT2D eigenvalue weighted by molar-refractivity contribution is -0.147. The smallest absolute Gasteiger partial charge is 0.344 e. The number of rotatable bonds is 5. The minimum absolute atomic E-state index is 0.0493. The maximum Gasteiger partial charge on any atom is 0.344 e. The molecule has 0 aromatic heterocycles. The fraction of sp³-hybridized carbons (Fsp3) is 0.125. The van der Waals surface area contributed by atoms with Gasteiger partial charge < -0.3 is 15.2 Å². The summed E-state index contributed by atoms with van der Waals surface area (Å²) in [5, 5.41) is 8.93. The summed E-state index contributed by atoms with van der Waals surface area (Å²) < 4.78 is 10.3. The average Bonchev–Trinajstić information content (AvgIpc) is 2.52. The third kappa shape index (κ3) is 4.25. The summed E-state index contributed by atoms with van der Waals surface area (Å²) in [6, 6.07) is 15.7. The van der Waals surface area contributed by atoms with E-state index in [0.717, 1.165) is 0 Å². The van der Waals surface area contributed by atoms with E-state index in [1.165, 1.54) is 0 Å². The molecule has 0 fully saturated rings. The van der Waals surface area contributed by atoms with E-state index in [4.69, 9.17) is 20.5 Å². The van der Waals surface area contributed by atoms with Crippen LogP contribution in [-0.4, -0.2) is 12.6 Å². The number of carbonyl (C=O) groups is 1. The van der Waals surface area contributed by atoms with Gasteiger partial charge in [-0.3, -0.25) is 0 Å². The highest BCUT2D eigenvalue weighted by Gasteiger charge is 2.07. The number of hydrogen-bond donors (Lipinski definition) is 1. The summed E-state index contributed by atoms with van der Waals surface area (Å²) in [5.41, 5.74) is 7.33. The summed E-state index contributed by atoms with van der Waals surface area (Å²) in [4.78, 5) is 11.6. The predicted molar refractivity (Wildman–Crippen MR) is 77.3 cm³/mol. The van der Waals surface area contributed by atoms with Gasteiger partial charge in [0.1, 0.15) is 12.4 Å². The molecule has 0 saturated heterocycles. The molecule has 0 saturated carbocycles. The fourth-order valence-corrected chi connectivity index (χ4v) is 1.66. The summed E-state index contributed by atoms with van der Waals surface area (Å²) in [7, 11) is 0. The molecule has 0 atom stereocenters. The van der Waals surface area contributed by atoms with Gasteiger partial charge in [-0.1, -0.05) is 18.2 Å². The molecule has 0 amide bonds. The second-order valence-corrected chi connectivity index (χ2v) is 4.29. The SMILES string of the molecule is N#Cc1ccccc1COC(=O)COc1ccc(N)cc1. The number of nitriles is 1. The van der Waals surface area contributed by atoms with Crippen LogP contribution in [0, 0.1) is 11.3 Å². The van der Waals surface area contributed by atoms with E-state index in [2.05, 4.69) is 0 Å². The van der Waals surface area contributed by atoms with Crippen molar-refractivity contribution in [3.63, 3.8) is 0 Å². The Kier molecular flexibility index (Phi) is 4.78. The maximum atomic E-state index is 11.6. The Balaban J connectivity index is 1.82. The van der Waals surface area contributed by atoms with Crippen molar-refractivity contribution in [2.75, 3.05) is 12.3 Å². The van der Waals surface area contributed by atoms with Crippen LogP contribution in [-0.2, 0) is 16.1 Å². The number of hydrogen-bond acceptors (Lipinski definition) is 5. The third-order valence-corrected chi connectivity index (χ3v) is 2.76. The Morgan fingerprint density at radius 2 is 1.86 bits per heavy atom. The molecule has 5 nitrogen and oxygen atoms in total. The van der Waals surface area contributed by atoms with Crippen molar-refractivity contribution in [1.29, 1.82) is 5.26 Å². The van der Waals surface area contributed by atoms with Crippen LogP contribution < -0.4 is 10.5 Å². The lowest BCUT2D eigenvalue weighted by Crippen LogP contribution is -2.15. The van der Waals surface area contributed by atoms with Crippen molar-refractivity contribution in [3.8, 4) is 11.8 Å². The van der Waals surface area contributed by atoms with Gasteiger partial charge in [-0.2, -0.15) is 5.26 Å². The molecule has 0 spiro atoms. The van der Waals surface area contributed by atoms with E-state index < -0.39 is 5.97 Å². The third-order valence-electron chi connectivity index (χ3n) is 2.76. The van der Waals surface area contributed by atoms with Gasteiger partial charge in [-0.25, -0.2) is 4.79 Å². The van der Waals surface area contributed by atoms with Gasteiger partial charge >= 0.3 is 5.97 Å². The van der Waals surface area contributed by atoms with Gasteiger partial charge in [-0.15, -0.1) is 0 Å². The molecule has 0 aliphatic rings. The van der Waals surface area contributed by atoms with Crippen LogP contribution in [0.5, 0.6) is 5.75 Å². The molecule has 2 aromatic carbocycles. The van der Waals surface area contributed by atoms with E-state index in [9.17, 15) is 4.79 Å². The normalized spacial score (nSPS) is 9.67. The summed E-state index contributed by atoms with van der Waals surface area (Å²) in [6.45, 7) is -0.147. The standard InChI is InChI=1S/C16H14N2O3/c17-9-12-3-1-2-4-13(12)10-21-16(19)11-20-15-7-5-14(18)6-8-15/h1-8H,10-11,18H2. The Labute approximate surface area is 122 Å². The van der Waals surface area contributed by atoms with Crippen LogP contribution in [0.1, 0.15) is 11.1 Å². The summed E-state index contributed by atoms with van der Waals surface area (Å²) in [6.07, 6.45) is 0. The van der Waals surface area contributed by atoms with Crippen LogP contribution in [0.2, 0.25) is 0 Å². The van der Waals surface area contributed by atoms with Crippen LogP contribution in [0.15, 0.2) is 48.5 Å². The lowest BCUT2D eigenvalue weighted by atomic mass is 10.1. The predicted octanol–water partition coefficient (Wildman–Crippen LogP) is 2.26. The number of nitrogens with two attached hydrogens (primary N) is 1. The summed E-state index contributed by atoms with van der Waals surface area (Å²) in [5.74, 6) is 0.0399. The topological polar surface area (TPSA) is 85.3 Å². The first kappa shape index (κ1) is 14.4. The van der Waals surface area contributed by atoms with Crippen molar-refractivity contribution >= 4 is 11.7 Å². The van der Waals surface area contributed by atoms with Crippen LogP contribution in [0.25, 0.3) is 0 Å².